The molecule has 0 radical (unpaired) electrons. The molecule has 1 atom stereocenters. The van der Waals surface area contributed by atoms with Gasteiger partial charge >= 0.3 is 0 Å². The highest BCUT2D eigenvalue weighted by Gasteiger charge is 2.15. The first-order chi connectivity index (χ1) is 9.67. The summed E-state index contributed by atoms with van der Waals surface area (Å²) in [5, 5.41) is 0. The Morgan fingerprint density at radius 1 is 1.30 bits per heavy atom. The van der Waals surface area contributed by atoms with Crippen LogP contribution in [0.5, 0.6) is 0 Å². The van der Waals surface area contributed by atoms with Crippen molar-refractivity contribution in [2.45, 2.75) is 32.8 Å². The second-order valence-electron chi connectivity index (χ2n) is 4.81. The van der Waals surface area contributed by atoms with Crippen molar-refractivity contribution >= 4 is 12.2 Å². The fourth-order valence-electron chi connectivity index (χ4n) is 2.22. The highest BCUT2D eigenvalue weighted by Crippen LogP contribution is 2.25. The predicted molar refractivity (Wildman–Crippen MR) is 84.3 cm³/mol. The van der Waals surface area contributed by atoms with Crippen molar-refractivity contribution in [1.82, 2.24) is 9.97 Å². The number of aromatic amines is 1. The Labute approximate surface area is 125 Å². The number of ether oxygens (including phenoxy) is 1. The van der Waals surface area contributed by atoms with Crippen LogP contribution in [0.3, 0.4) is 0 Å². The zero-order valence-corrected chi connectivity index (χ0v) is 13.0. The molecule has 1 unspecified atom stereocenters. The third-order valence-electron chi connectivity index (χ3n) is 3.37. The van der Waals surface area contributed by atoms with Crippen molar-refractivity contribution in [3.05, 3.63) is 46.4 Å². The van der Waals surface area contributed by atoms with Crippen LogP contribution in [0.2, 0.25) is 0 Å². The van der Waals surface area contributed by atoms with Crippen molar-refractivity contribution in [1.29, 1.82) is 0 Å². The summed E-state index contributed by atoms with van der Waals surface area (Å²) in [6.45, 7) is 4.13. The van der Waals surface area contributed by atoms with Crippen LogP contribution in [-0.2, 0) is 4.74 Å². The fourth-order valence-corrected chi connectivity index (χ4v) is 2.42. The number of nitrogens with zero attached hydrogens (tertiary/aromatic N) is 1. The van der Waals surface area contributed by atoms with Gasteiger partial charge in [-0.25, -0.2) is 4.98 Å². The molecule has 1 heterocycles. The summed E-state index contributed by atoms with van der Waals surface area (Å²) < 4.78 is 6.16. The molecule has 4 heteroatoms. The lowest BCUT2D eigenvalue weighted by atomic mass is 10.1. The lowest BCUT2D eigenvalue weighted by Crippen LogP contribution is -2.09. The number of rotatable bonds is 5. The molecule has 20 heavy (non-hydrogen) atoms. The summed E-state index contributed by atoms with van der Waals surface area (Å²) in [5.74, 6) is 0.809. The molecule has 0 aliphatic carbocycles. The van der Waals surface area contributed by atoms with Crippen LogP contribution in [0, 0.1) is 11.6 Å². The number of benzene rings is 1. The molecule has 1 N–H and O–H groups in total. The molecule has 0 aliphatic rings. The average molecular weight is 288 g/mol. The van der Waals surface area contributed by atoms with Gasteiger partial charge in [0.1, 0.15) is 16.6 Å². The summed E-state index contributed by atoms with van der Waals surface area (Å²) in [6, 6.07) is 10.2. The number of nitrogens with one attached hydrogen (secondary N) is 1. The van der Waals surface area contributed by atoms with Crippen LogP contribution in [0.1, 0.15) is 37.3 Å². The van der Waals surface area contributed by atoms with Gasteiger partial charge in [0, 0.05) is 12.7 Å². The van der Waals surface area contributed by atoms with Gasteiger partial charge in [-0.15, -0.1) is 0 Å². The van der Waals surface area contributed by atoms with E-state index in [0.29, 0.717) is 4.64 Å². The van der Waals surface area contributed by atoms with Crippen molar-refractivity contribution < 1.29 is 4.74 Å². The Bertz CT molecular complexity index is 622. The third kappa shape index (κ3) is 3.14. The first-order valence-electron chi connectivity index (χ1n) is 6.86. The van der Waals surface area contributed by atoms with Gasteiger partial charge in [-0.1, -0.05) is 55.9 Å². The van der Waals surface area contributed by atoms with Gasteiger partial charge in [0.15, 0.2) is 0 Å². The zero-order valence-electron chi connectivity index (χ0n) is 12.1. The molecule has 3 nitrogen and oxygen atoms in total. The van der Waals surface area contributed by atoms with Crippen molar-refractivity contribution in [3.63, 3.8) is 0 Å². The second kappa shape index (κ2) is 6.77. The summed E-state index contributed by atoms with van der Waals surface area (Å²) in [6.07, 6.45) is 1.92. The van der Waals surface area contributed by atoms with E-state index in [1.54, 1.807) is 7.11 Å². The average Bonchev–Trinajstić information content (AvgIpc) is 2.48. The Morgan fingerprint density at radius 3 is 2.60 bits per heavy atom. The fraction of sp³-hybridized carbons (Fsp3) is 0.375. The topological polar surface area (TPSA) is 37.9 Å². The Kier molecular flexibility index (Phi) is 5.04. The van der Waals surface area contributed by atoms with Crippen LogP contribution >= 0.6 is 12.2 Å². The van der Waals surface area contributed by atoms with Gasteiger partial charge in [0.25, 0.3) is 0 Å². The highest BCUT2D eigenvalue weighted by atomic mass is 32.1. The highest BCUT2D eigenvalue weighted by molar-refractivity contribution is 7.71. The van der Waals surface area contributed by atoms with E-state index in [-0.39, 0.29) is 6.10 Å². The normalized spacial score (nSPS) is 12.3. The first kappa shape index (κ1) is 14.9. The Hall–Kier alpha value is -1.52. The summed E-state index contributed by atoms with van der Waals surface area (Å²) in [5.41, 5.74) is 3.14. The van der Waals surface area contributed by atoms with Crippen molar-refractivity contribution in [2.24, 2.45) is 0 Å². The largest absolute Gasteiger partial charge is 0.374 e. The maximum absolute atomic E-state index is 5.52. The number of aromatic nitrogens is 2. The molecule has 1 aromatic carbocycles. The zero-order chi connectivity index (χ0) is 14.5. The quantitative estimate of drug-likeness (QED) is 0.817. The van der Waals surface area contributed by atoms with E-state index >= 15 is 0 Å². The van der Waals surface area contributed by atoms with Crippen LogP contribution in [0.25, 0.3) is 11.3 Å². The summed E-state index contributed by atoms with van der Waals surface area (Å²) in [7, 11) is 1.71. The molecule has 0 fully saturated rings. The minimum atomic E-state index is -0.0373. The standard InChI is InChI=1S/C16H20N2OS/c1-4-8-13(19-3)15-17-14(11(2)16(20)18-15)12-9-6-5-7-10-12/h5-7,9-10,13H,4,8H2,1-3H3,(H,17,18,20). The van der Waals surface area contributed by atoms with E-state index in [2.05, 4.69) is 29.0 Å². The van der Waals surface area contributed by atoms with Crippen LogP contribution in [0.15, 0.2) is 30.3 Å². The molecule has 0 bridgehead atoms. The second-order valence-corrected chi connectivity index (χ2v) is 5.19. The Balaban J connectivity index is 2.53. The predicted octanol–water partition coefficient (Wildman–Crippen LogP) is 4.60. The van der Waals surface area contributed by atoms with Gasteiger partial charge in [-0.3, -0.25) is 0 Å². The molecule has 0 saturated heterocycles. The van der Waals surface area contributed by atoms with Crippen LogP contribution < -0.4 is 0 Å². The third-order valence-corrected chi connectivity index (χ3v) is 3.77. The lowest BCUT2D eigenvalue weighted by Gasteiger charge is -2.16. The van der Waals surface area contributed by atoms with E-state index in [4.69, 9.17) is 17.0 Å². The van der Waals surface area contributed by atoms with Crippen molar-refractivity contribution in [3.8, 4) is 11.3 Å². The summed E-state index contributed by atoms with van der Waals surface area (Å²) >= 11 is 5.39. The lowest BCUT2D eigenvalue weighted by molar-refractivity contribution is 0.0876. The van der Waals surface area contributed by atoms with Gasteiger partial charge in [0.2, 0.25) is 0 Å². The minimum Gasteiger partial charge on any atom is -0.374 e. The minimum absolute atomic E-state index is 0.0373. The van der Waals surface area contributed by atoms with Gasteiger partial charge in [-0.05, 0) is 18.9 Å². The van der Waals surface area contributed by atoms with E-state index < -0.39 is 0 Å². The van der Waals surface area contributed by atoms with Crippen LogP contribution in [-0.4, -0.2) is 17.1 Å². The number of hydrogen-bond donors (Lipinski definition) is 1. The van der Waals surface area contributed by atoms with E-state index in [1.807, 2.05) is 25.1 Å². The molecule has 0 aliphatic heterocycles. The molecule has 0 saturated carbocycles. The molecule has 2 aromatic rings. The van der Waals surface area contributed by atoms with Gasteiger partial charge in [0.05, 0.1) is 5.69 Å². The number of methoxy groups -OCH3 is 1. The molecule has 0 spiro atoms. The molecule has 1 aromatic heterocycles. The smallest absolute Gasteiger partial charge is 0.137 e. The van der Waals surface area contributed by atoms with Crippen LogP contribution in [0.4, 0.5) is 0 Å². The number of hydrogen-bond acceptors (Lipinski definition) is 3. The first-order valence-corrected chi connectivity index (χ1v) is 7.27. The van der Waals surface area contributed by atoms with Crippen molar-refractivity contribution in [2.75, 3.05) is 7.11 Å². The van der Waals surface area contributed by atoms with E-state index in [9.17, 15) is 0 Å². The molecular weight excluding hydrogens is 268 g/mol. The maximum Gasteiger partial charge on any atom is 0.137 e. The molecular formula is C16H20N2OS. The van der Waals surface area contributed by atoms with Gasteiger partial charge < -0.3 is 9.72 Å². The number of H-pyrrole nitrogens is 1. The Morgan fingerprint density at radius 2 is 2.00 bits per heavy atom. The maximum atomic E-state index is 5.52. The van der Waals surface area contributed by atoms with E-state index in [1.165, 1.54) is 0 Å². The molecule has 0 amide bonds. The molecule has 106 valence electrons. The van der Waals surface area contributed by atoms with E-state index in [0.717, 1.165) is 35.5 Å². The summed E-state index contributed by atoms with van der Waals surface area (Å²) in [4.78, 5) is 7.89. The monoisotopic (exact) mass is 288 g/mol. The molecule has 2 rings (SSSR count). The SMILES string of the molecule is CCCC(OC)c1nc(=S)c(C)c(-c2ccccc2)[nH]1. The van der Waals surface area contributed by atoms with Gasteiger partial charge in [-0.2, -0.15) is 0 Å².